The molecule has 1 rings (SSSR count). The van der Waals surface area contributed by atoms with E-state index < -0.39 is 0 Å². The molecule has 0 aliphatic rings. The van der Waals surface area contributed by atoms with Gasteiger partial charge in [0.1, 0.15) is 5.75 Å². The van der Waals surface area contributed by atoms with Crippen molar-refractivity contribution in [2.24, 2.45) is 0 Å². The zero-order valence-corrected chi connectivity index (χ0v) is 10.7. The van der Waals surface area contributed by atoms with Crippen LogP contribution >= 0.6 is 0 Å². The SMILES string of the molecule is C#CCCCCNC(C)c1cccc(OC)c1. The maximum atomic E-state index is 5.21. The Morgan fingerprint density at radius 3 is 2.94 bits per heavy atom. The Bertz CT molecular complexity index is 367. The van der Waals surface area contributed by atoms with Crippen LogP contribution in [0.5, 0.6) is 5.75 Å². The highest BCUT2D eigenvalue weighted by Crippen LogP contribution is 2.18. The topological polar surface area (TPSA) is 21.3 Å². The molecule has 1 atom stereocenters. The van der Waals surface area contributed by atoms with Gasteiger partial charge in [-0.3, -0.25) is 0 Å². The largest absolute Gasteiger partial charge is 0.497 e. The van der Waals surface area contributed by atoms with Crippen LogP contribution in [-0.2, 0) is 0 Å². The van der Waals surface area contributed by atoms with Crippen molar-refractivity contribution < 1.29 is 4.74 Å². The lowest BCUT2D eigenvalue weighted by atomic mass is 10.1. The highest BCUT2D eigenvalue weighted by molar-refractivity contribution is 5.30. The summed E-state index contributed by atoms with van der Waals surface area (Å²) >= 11 is 0. The van der Waals surface area contributed by atoms with Crippen LogP contribution in [0, 0.1) is 12.3 Å². The van der Waals surface area contributed by atoms with E-state index in [0.29, 0.717) is 6.04 Å². The molecule has 17 heavy (non-hydrogen) atoms. The second-order valence-corrected chi connectivity index (χ2v) is 4.11. The molecule has 2 nitrogen and oxygen atoms in total. The van der Waals surface area contributed by atoms with E-state index in [1.807, 2.05) is 12.1 Å². The monoisotopic (exact) mass is 231 g/mol. The minimum absolute atomic E-state index is 0.343. The fraction of sp³-hybridized carbons (Fsp3) is 0.467. The Hall–Kier alpha value is -1.46. The van der Waals surface area contributed by atoms with Gasteiger partial charge in [-0.25, -0.2) is 0 Å². The van der Waals surface area contributed by atoms with E-state index in [9.17, 15) is 0 Å². The van der Waals surface area contributed by atoms with Gasteiger partial charge < -0.3 is 10.1 Å². The van der Waals surface area contributed by atoms with Crippen molar-refractivity contribution in [1.29, 1.82) is 0 Å². The van der Waals surface area contributed by atoms with Crippen LogP contribution in [-0.4, -0.2) is 13.7 Å². The summed E-state index contributed by atoms with van der Waals surface area (Å²) in [6.45, 7) is 3.16. The molecule has 0 amide bonds. The Morgan fingerprint density at radius 1 is 1.41 bits per heavy atom. The maximum Gasteiger partial charge on any atom is 0.119 e. The summed E-state index contributed by atoms with van der Waals surface area (Å²) in [6.07, 6.45) is 8.29. The Morgan fingerprint density at radius 2 is 2.24 bits per heavy atom. The molecule has 1 N–H and O–H groups in total. The predicted octanol–water partition coefficient (Wildman–Crippen LogP) is 3.15. The number of hydrogen-bond donors (Lipinski definition) is 1. The molecular weight excluding hydrogens is 210 g/mol. The molecule has 0 saturated heterocycles. The highest BCUT2D eigenvalue weighted by atomic mass is 16.5. The molecule has 0 fully saturated rings. The normalized spacial score (nSPS) is 11.8. The fourth-order valence-electron chi connectivity index (χ4n) is 1.70. The average Bonchev–Trinajstić information content (AvgIpc) is 2.38. The first-order chi connectivity index (χ1) is 8.27. The zero-order chi connectivity index (χ0) is 12.5. The molecule has 0 spiro atoms. The standard InChI is InChI=1S/C15H21NO/c1-4-5-6-7-11-16-13(2)14-9-8-10-15(12-14)17-3/h1,8-10,12-13,16H,5-7,11H2,2-3H3. The van der Waals surface area contributed by atoms with Crippen LogP contribution in [0.3, 0.4) is 0 Å². The Kier molecular flexibility index (Phi) is 6.21. The molecule has 0 bridgehead atoms. The molecule has 1 aromatic rings. The first kappa shape index (κ1) is 13.6. The van der Waals surface area contributed by atoms with Crippen molar-refractivity contribution in [3.8, 4) is 18.1 Å². The smallest absolute Gasteiger partial charge is 0.119 e. The van der Waals surface area contributed by atoms with Gasteiger partial charge in [0.05, 0.1) is 7.11 Å². The number of rotatable bonds is 7. The number of hydrogen-bond acceptors (Lipinski definition) is 2. The molecule has 0 saturated carbocycles. The average molecular weight is 231 g/mol. The predicted molar refractivity (Wildman–Crippen MR) is 72.1 cm³/mol. The number of unbranched alkanes of at least 4 members (excludes halogenated alkanes) is 2. The van der Waals surface area contributed by atoms with Gasteiger partial charge in [0, 0.05) is 12.5 Å². The van der Waals surface area contributed by atoms with Crippen molar-refractivity contribution in [3.05, 3.63) is 29.8 Å². The second kappa shape index (κ2) is 7.76. The number of benzene rings is 1. The molecule has 2 heteroatoms. The molecule has 0 heterocycles. The maximum absolute atomic E-state index is 5.21. The summed E-state index contributed by atoms with van der Waals surface area (Å²) in [7, 11) is 1.69. The van der Waals surface area contributed by atoms with E-state index in [1.165, 1.54) is 5.56 Å². The lowest BCUT2D eigenvalue weighted by Gasteiger charge is -2.14. The van der Waals surface area contributed by atoms with Crippen LogP contribution in [0.2, 0.25) is 0 Å². The summed E-state index contributed by atoms with van der Waals surface area (Å²) in [4.78, 5) is 0. The summed E-state index contributed by atoms with van der Waals surface area (Å²) in [5, 5.41) is 3.48. The number of nitrogens with one attached hydrogen (secondary N) is 1. The third-order valence-electron chi connectivity index (χ3n) is 2.79. The van der Waals surface area contributed by atoms with Gasteiger partial charge in [0.2, 0.25) is 0 Å². The number of ether oxygens (including phenoxy) is 1. The first-order valence-electron chi connectivity index (χ1n) is 6.08. The lowest BCUT2D eigenvalue weighted by molar-refractivity contribution is 0.413. The van der Waals surface area contributed by atoms with E-state index >= 15 is 0 Å². The van der Waals surface area contributed by atoms with Gasteiger partial charge in [-0.15, -0.1) is 12.3 Å². The van der Waals surface area contributed by atoms with Crippen molar-refractivity contribution in [3.63, 3.8) is 0 Å². The molecular formula is C15H21NO. The molecule has 0 aromatic heterocycles. The summed E-state index contributed by atoms with van der Waals surface area (Å²) < 4.78 is 5.21. The first-order valence-corrected chi connectivity index (χ1v) is 6.08. The van der Waals surface area contributed by atoms with Crippen molar-refractivity contribution in [2.75, 3.05) is 13.7 Å². The van der Waals surface area contributed by atoms with Gasteiger partial charge in [-0.05, 0) is 44.0 Å². The minimum atomic E-state index is 0.343. The van der Waals surface area contributed by atoms with Gasteiger partial charge in [0.25, 0.3) is 0 Å². The number of methoxy groups -OCH3 is 1. The van der Waals surface area contributed by atoms with Crippen LogP contribution in [0.1, 0.15) is 37.8 Å². The van der Waals surface area contributed by atoms with Crippen LogP contribution in [0.25, 0.3) is 0 Å². The van der Waals surface area contributed by atoms with Gasteiger partial charge >= 0.3 is 0 Å². The van der Waals surface area contributed by atoms with Gasteiger partial charge in [-0.1, -0.05) is 12.1 Å². The van der Waals surface area contributed by atoms with Gasteiger partial charge in [-0.2, -0.15) is 0 Å². The second-order valence-electron chi connectivity index (χ2n) is 4.11. The lowest BCUT2D eigenvalue weighted by Crippen LogP contribution is -2.19. The Labute approximate surface area is 104 Å². The third kappa shape index (κ3) is 4.93. The minimum Gasteiger partial charge on any atom is -0.497 e. The zero-order valence-electron chi connectivity index (χ0n) is 10.7. The van der Waals surface area contributed by atoms with E-state index in [-0.39, 0.29) is 0 Å². The van der Waals surface area contributed by atoms with Crippen molar-refractivity contribution in [1.82, 2.24) is 5.32 Å². The molecule has 1 aromatic carbocycles. The quantitative estimate of drug-likeness (QED) is 0.575. The number of terminal acetylenes is 1. The summed E-state index contributed by atoms with van der Waals surface area (Å²) in [5.41, 5.74) is 1.25. The molecule has 0 aliphatic heterocycles. The summed E-state index contributed by atoms with van der Waals surface area (Å²) in [5.74, 6) is 3.56. The molecule has 1 unspecified atom stereocenters. The third-order valence-corrected chi connectivity index (χ3v) is 2.79. The van der Waals surface area contributed by atoms with E-state index in [2.05, 4.69) is 30.3 Å². The van der Waals surface area contributed by atoms with E-state index in [4.69, 9.17) is 11.2 Å². The fourth-order valence-corrected chi connectivity index (χ4v) is 1.70. The van der Waals surface area contributed by atoms with Crippen LogP contribution < -0.4 is 10.1 Å². The molecule has 0 radical (unpaired) electrons. The van der Waals surface area contributed by atoms with Crippen LogP contribution in [0.4, 0.5) is 0 Å². The van der Waals surface area contributed by atoms with Crippen molar-refractivity contribution >= 4 is 0 Å². The van der Waals surface area contributed by atoms with E-state index in [0.717, 1.165) is 31.6 Å². The van der Waals surface area contributed by atoms with E-state index in [1.54, 1.807) is 7.11 Å². The summed E-state index contributed by atoms with van der Waals surface area (Å²) in [6, 6.07) is 8.50. The Balaban J connectivity index is 2.36. The van der Waals surface area contributed by atoms with Crippen molar-refractivity contribution in [2.45, 2.75) is 32.2 Å². The molecule has 92 valence electrons. The molecule has 0 aliphatic carbocycles. The highest BCUT2D eigenvalue weighted by Gasteiger charge is 2.04. The van der Waals surface area contributed by atoms with Gasteiger partial charge in [0.15, 0.2) is 0 Å². The van der Waals surface area contributed by atoms with Crippen LogP contribution in [0.15, 0.2) is 24.3 Å².